The Hall–Kier alpha value is -1.74. The predicted octanol–water partition coefficient (Wildman–Crippen LogP) is 3.08. The van der Waals surface area contributed by atoms with Crippen LogP contribution in [-0.4, -0.2) is 6.04 Å². The van der Waals surface area contributed by atoms with Crippen molar-refractivity contribution in [2.75, 3.05) is 4.90 Å². The fraction of sp³-hybridized carbons (Fsp3) is 0.375. The lowest BCUT2D eigenvalue weighted by Crippen LogP contribution is -2.36. The van der Waals surface area contributed by atoms with Gasteiger partial charge in [0.25, 0.3) is 0 Å². The summed E-state index contributed by atoms with van der Waals surface area (Å²) in [5.74, 6) is 0.992. The fourth-order valence-electron chi connectivity index (χ4n) is 2.84. The molecule has 0 radical (unpaired) electrons. The number of fused-ring (bicyclic) bond motifs is 1. The third kappa shape index (κ3) is 2.26. The maximum atomic E-state index is 5.75. The molecule has 3 rings (SSSR count). The quantitative estimate of drug-likeness (QED) is 0.917. The van der Waals surface area contributed by atoms with Crippen molar-refractivity contribution in [3.63, 3.8) is 0 Å². The number of aryl methyl sites for hydroxylation is 1. The summed E-state index contributed by atoms with van der Waals surface area (Å²) in [4.78, 5) is 2.43. The third-order valence-electron chi connectivity index (χ3n) is 4.04. The molecule has 0 spiro atoms. The van der Waals surface area contributed by atoms with E-state index in [1.807, 2.05) is 6.07 Å². The van der Waals surface area contributed by atoms with Gasteiger partial charge in [-0.2, -0.15) is 0 Å². The van der Waals surface area contributed by atoms with Crippen molar-refractivity contribution in [3.05, 3.63) is 53.5 Å². The standard InChI is InChI=1S/C16H20N2O/c1-12-6-7-13-4-2-3-5-15(13)18(12)11-16-14(10-17)8-9-19-16/h2-5,8-9,12H,6-7,10-11,17H2,1H3. The minimum absolute atomic E-state index is 0.533. The van der Waals surface area contributed by atoms with E-state index >= 15 is 0 Å². The number of anilines is 1. The van der Waals surface area contributed by atoms with Crippen LogP contribution in [0.3, 0.4) is 0 Å². The summed E-state index contributed by atoms with van der Waals surface area (Å²) in [5, 5.41) is 0. The molecule has 0 saturated carbocycles. The van der Waals surface area contributed by atoms with Crippen molar-refractivity contribution in [2.45, 2.75) is 38.9 Å². The SMILES string of the molecule is CC1CCc2ccccc2N1Cc1occc1CN. The highest BCUT2D eigenvalue weighted by atomic mass is 16.3. The Morgan fingerprint density at radius 1 is 1.32 bits per heavy atom. The molecule has 1 aliphatic rings. The van der Waals surface area contributed by atoms with Crippen LogP contribution >= 0.6 is 0 Å². The summed E-state index contributed by atoms with van der Waals surface area (Å²) in [6.45, 7) is 3.62. The van der Waals surface area contributed by atoms with Gasteiger partial charge in [-0.25, -0.2) is 0 Å². The number of hydrogen-bond donors (Lipinski definition) is 1. The molecule has 0 amide bonds. The molecule has 0 saturated heterocycles. The van der Waals surface area contributed by atoms with Crippen LogP contribution in [-0.2, 0) is 19.5 Å². The number of nitrogens with two attached hydrogens (primary N) is 1. The third-order valence-corrected chi connectivity index (χ3v) is 4.04. The molecule has 2 N–H and O–H groups in total. The Kier molecular flexibility index (Phi) is 3.30. The van der Waals surface area contributed by atoms with E-state index in [2.05, 4.69) is 36.1 Å². The first-order valence-corrected chi connectivity index (χ1v) is 6.89. The summed E-state index contributed by atoms with van der Waals surface area (Å²) in [6, 6.07) is 11.2. The second-order valence-electron chi connectivity index (χ2n) is 5.22. The number of nitrogens with zero attached hydrogens (tertiary/aromatic N) is 1. The fourth-order valence-corrected chi connectivity index (χ4v) is 2.84. The average molecular weight is 256 g/mol. The topological polar surface area (TPSA) is 42.4 Å². The molecule has 1 aromatic carbocycles. The lowest BCUT2D eigenvalue weighted by molar-refractivity contribution is 0.470. The number of furan rings is 1. The van der Waals surface area contributed by atoms with Crippen molar-refractivity contribution in [2.24, 2.45) is 5.73 Å². The van der Waals surface area contributed by atoms with Crippen LogP contribution in [0.1, 0.15) is 30.2 Å². The van der Waals surface area contributed by atoms with Gasteiger partial charge in [0.1, 0.15) is 5.76 Å². The first-order chi connectivity index (χ1) is 9.29. The van der Waals surface area contributed by atoms with Crippen LogP contribution in [0.4, 0.5) is 5.69 Å². The Labute approximate surface area is 114 Å². The highest BCUT2D eigenvalue weighted by Gasteiger charge is 2.24. The molecule has 3 nitrogen and oxygen atoms in total. The molecular formula is C16H20N2O. The molecule has 2 aromatic rings. The van der Waals surface area contributed by atoms with Crippen molar-refractivity contribution in [1.29, 1.82) is 0 Å². The first-order valence-electron chi connectivity index (χ1n) is 6.89. The zero-order valence-electron chi connectivity index (χ0n) is 11.3. The van der Waals surface area contributed by atoms with Gasteiger partial charge >= 0.3 is 0 Å². The molecule has 19 heavy (non-hydrogen) atoms. The maximum Gasteiger partial charge on any atom is 0.127 e. The van der Waals surface area contributed by atoms with E-state index in [0.717, 1.165) is 24.3 Å². The number of hydrogen-bond acceptors (Lipinski definition) is 3. The normalized spacial score (nSPS) is 18.4. The molecule has 2 heterocycles. The van der Waals surface area contributed by atoms with E-state index in [9.17, 15) is 0 Å². The largest absolute Gasteiger partial charge is 0.467 e. The van der Waals surface area contributed by atoms with Crippen molar-refractivity contribution >= 4 is 5.69 Å². The number of para-hydroxylation sites is 1. The molecule has 0 aliphatic carbocycles. The first kappa shape index (κ1) is 12.3. The molecular weight excluding hydrogens is 236 g/mol. The van der Waals surface area contributed by atoms with Gasteiger partial charge < -0.3 is 15.1 Å². The summed E-state index contributed by atoms with van der Waals surface area (Å²) in [5.41, 5.74) is 9.62. The van der Waals surface area contributed by atoms with Gasteiger partial charge in [0.15, 0.2) is 0 Å². The van der Waals surface area contributed by atoms with Crippen molar-refractivity contribution < 1.29 is 4.42 Å². The predicted molar refractivity (Wildman–Crippen MR) is 77.0 cm³/mol. The van der Waals surface area contributed by atoms with Gasteiger partial charge in [0.05, 0.1) is 12.8 Å². The molecule has 1 aliphatic heterocycles. The van der Waals surface area contributed by atoms with Crippen LogP contribution in [0.5, 0.6) is 0 Å². The molecule has 1 aromatic heterocycles. The average Bonchev–Trinajstić information content (AvgIpc) is 2.89. The van der Waals surface area contributed by atoms with Crippen LogP contribution in [0.25, 0.3) is 0 Å². The van der Waals surface area contributed by atoms with Gasteiger partial charge in [-0.1, -0.05) is 18.2 Å². The molecule has 1 unspecified atom stereocenters. The number of rotatable bonds is 3. The van der Waals surface area contributed by atoms with Gasteiger partial charge in [0, 0.05) is 23.8 Å². The van der Waals surface area contributed by atoms with Crippen molar-refractivity contribution in [1.82, 2.24) is 0 Å². The Morgan fingerprint density at radius 3 is 3.00 bits per heavy atom. The van der Waals surface area contributed by atoms with E-state index in [1.165, 1.54) is 17.7 Å². The van der Waals surface area contributed by atoms with Crippen LogP contribution in [0.15, 0.2) is 41.0 Å². The zero-order valence-corrected chi connectivity index (χ0v) is 11.3. The maximum absolute atomic E-state index is 5.75. The second-order valence-corrected chi connectivity index (χ2v) is 5.22. The number of benzene rings is 1. The Morgan fingerprint density at radius 2 is 2.16 bits per heavy atom. The van der Waals surface area contributed by atoms with Crippen LogP contribution in [0.2, 0.25) is 0 Å². The van der Waals surface area contributed by atoms with Gasteiger partial charge in [0.2, 0.25) is 0 Å². The van der Waals surface area contributed by atoms with Gasteiger partial charge in [-0.05, 0) is 37.5 Å². The van der Waals surface area contributed by atoms with E-state index in [4.69, 9.17) is 10.2 Å². The Bertz CT molecular complexity index is 561. The highest BCUT2D eigenvalue weighted by molar-refractivity contribution is 5.56. The monoisotopic (exact) mass is 256 g/mol. The molecule has 1 atom stereocenters. The summed E-state index contributed by atoms with van der Waals surface area (Å²) < 4.78 is 5.60. The van der Waals surface area contributed by atoms with E-state index < -0.39 is 0 Å². The minimum atomic E-state index is 0.533. The smallest absolute Gasteiger partial charge is 0.127 e. The highest BCUT2D eigenvalue weighted by Crippen LogP contribution is 2.32. The lowest BCUT2D eigenvalue weighted by Gasteiger charge is -2.36. The van der Waals surface area contributed by atoms with Crippen molar-refractivity contribution in [3.8, 4) is 0 Å². The molecule has 100 valence electrons. The summed E-state index contributed by atoms with van der Waals surface area (Å²) >= 11 is 0. The molecule has 0 bridgehead atoms. The van der Waals surface area contributed by atoms with Crippen LogP contribution < -0.4 is 10.6 Å². The van der Waals surface area contributed by atoms with Crippen LogP contribution in [0, 0.1) is 0 Å². The minimum Gasteiger partial charge on any atom is -0.467 e. The molecule has 3 heteroatoms. The second kappa shape index (κ2) is 5.10. The Balaban J connectivity index is 1.92. The lowest BCUT2D eigenvalue weighted by atomic mass is 9.96. The summed E-state index contributed by atoms with van der Waals surface area (Å²) in [6.07, 6.45) is 4.09. The van der Waals surface area contributed by atoms with Gasteiger partial charge in [-0.3, -0.25) is 0 Å². The van der Waals surface area contributed by atoms with E-state index in [0.29, 0.717) is 12.6 Å². The zero-order chi connectivity index (χ0) is 13.2. The van der Waals surface area contributed by atoms with Gasteiger partial charge in [-0.15, -0.1) is 0 Å². The molecule has 0 fully saturated rings. The van der Waals surface area contributed by atoms with E-state index in [1.54, 1.807) is 6.26 Å². The van der Waals surface area contributed by atoms with E-state index in [-0.39, 0.29) is 0 Å². The summed E-state index contributed by atoms with van der Waals surface area (Å²) in [7, 11) is 0.